The van der Waals surface area contributed by atoms with Crippen molar-refractivity contribution >= 4 is 33.4 Å². The number of nitrogens with one attached hydrogen (secondary N) is 1. The third-order valence-corrected chi connectivity index (χ3v) is 2.51. The van der Waals surface area contributed by atoms with Crippen LogP contribution in [-0.4, -0.2) is 12.5 Å². The Kier molecular flexibility index (Phi) is 4.85. The fourth-order valence-corrected chi connectivity index (χ4v) is 1.41. The molecule has 0 saturated heterocycles. The van der Waals surface area contributed by atoms with Gasteiger partial charge in [-0.05, 0) is 5.56 Å². The molecule has 0 radical (unpaired) electrons. The van der Waals surface area contributed by atoms with Gasteiger partial charge < -0.3 is 5.32 Å². The number of amides is 1. The quantitative estimate of drug-likeness (QED) is 0.848. The third kappa shape index (κ3) is 4.06. The van der Waals surface area contributed by atoms with Crippen LogP contribution in [0.3, 0.4) is 0 Å². The van der Waals surface area contributed by atoms with E-state index in [0.717, 1.165) is 5.56 Å². The molecule has 80 valence electrons. The van der Waals surface area contributed by atoms with Gasteiger partial charge in [-0.15, -0.1) is 11.6 Å². The highest BCUT2D eigenvalue weighted by Crippen LogP contribution is 2.19. The lowest BCUT2D eigenvalue weighted by atomic mass is 10.1. The summed E-state index contributed by atoms with van der Waals surface area (Å²) in [6, 6.07) is 9.22. The molecule has 0 aliphatic heterocycles. The molecule has 15 heavy (non-hydrogen) atoms. The molecule has 0 aliphatic rings. The summed E-state index contributed by atoms with van der Waals surface area (Å²) in [7, 11) is 0. The first-order chi connectivity index (χ1) is 7.11. The molecule has 0 aliphatic carbocycles. The zero-order valence-corrected chi connectivity index (χ0v) is 10.4. The van der Waals surface area contributed by atoms with Crippen molar-refractivity contribution < 1.29 is 4.79 Å². The molecule has 1 N–H and O–H groups in total. The zero-order chi connectivity index (χ0) is 11.3. The van der Waals surface area contributed by atoms with Crippen LogP contribution in [0, 0.1) is 0 Å². The number of carbonyl (C=O) groups excluding carboxylic acids is 1. The summed E-state index contributed by atoms with van der Waals surface area (Å²) in [5, 5.41) is 2.01. The minimum absolute atomic E-state index is 0.219. The second kappa shape index (κ2) is 5.93. The smallest absolute Gasteiger partial charge is 0.242 e. The largest absolute Gasteiger partial charge is 0.350 e. The summed E-state index contributed by atoms with van der Waals surface area (Å²) < 4.78 is 0.716. The van der Waals surface area contributed by atoms with E-state index >= 15 is 0 Å². The molecule has 0 fully saturated rings. The summed E-state index contributed by atoms with van der Waals surface area (Å²) in [5.74, 6) is -0.219. The minimum atomic E-state index is -0.655. The van der Waals surface area contributed by atoms with E-state index in [4.69, 9.17) is 11.6 Å². The number of alkyl halides is 1. The van der Waals surface area contributed by atoms with Crippen molar-refractivity contribution in [3.63, 3.8) is 0 Å². The Morgan fingerprint density at radius 1 is 1.47 bits per heavy atom. The Hall–Kier alpha value is -0.800. The van der Waals surface area contributed by atoms with Gasteiger partial charge in [-0.25, -0.2) is 0 Å². The Balaban J connectivity index is 2.57. The van der Waals surface area contributed by atoms with E-state index in [-0.39, 0.29) is 5.91 Å². The molecule has 1 atom stereocenters. The highest BCUT2D eigenvalue weighted by molar-refractivity contribution is 9.11. The molecular weight excluding hydrogens is 277 g/mol. The monoisotopic (exact) mass is 287 g/mol. The minimum Gasteiger partial charge on any atom is -0.350 e. The average Bonchev–Trinajstić information content (AvgIpc) is 2.26. The van der Waals surface area contributed by atoms with Crippen LogP contribution in [0.25, 0.3) is 0 Å². The predicted octanol–water partition coefficient (Wildman–Crippen LogP) is 2.99. The Morgan fingerprint density at radius 2 is 2.07 bits per heavy atom. The first kappa shape index (κ1) is 12.3. The molecule has 1 rings (SSSR count). The average molecular weight is 289 g/mol. The van der Waals surface area contributed by atoms with Crippen LogP contribution < -0.4 is 5.32 Å². The molecule has 0 bridgehead atoms. The Bertz CT molecular complexity index is 353. The maximum absolute atomic E-state index is 11.5. The number of halogens is 2. The topological polar surface area (TPSA) is 29.1 Å². The van der Waals surface area contributed by atoms with E-state index in [9.17, 15) is 4.79 Å². The van der Waals surface area contributed by atoms with Crippen LogP contribution in [0.2, 0.25) is 0 Å². The van der Waals surface area contributed by atoms with E-state index in [2.05, 4.69) is 27.8 Å². The Labute approximate surface area is 102 Å². The molecule has 4 heteroatoms. The van der Waals surface area contributed by atoms with Crippen molar-refractivity contribution in [1.29, 1.82) is 0 Å². The van der Waals surface area contributed by atoms with Gasteiger partial charge in [0.25, 0.3) is 0 Å². The zero-order valence-electron chi connectivity index (χ0n) is 8.04. The fourth-order valence-electron chi connectivity index (χ4n) is 1.05. The summed E-state index contributed by atoms with van der Waals surface area (Å²) >= 11 is 9.14. The summed E-state index contributed by atoms with van der Waals surface area (Å²) in [4.78, 5) is 11.5. The molecule has 1 aromatic rings. The van der Waals surface area contributed by atoms with Crippen LogP contribution in [0.1, 0.15) is 10.9 Å². The molecule has 0 saturated carbocycles. The first-order valence-corrected chi connectivity index (χ1v) is 5.64. The van der Waals surface area contributed by atoms with Gasteiger partial charge in [-0.1, -0.05) is 52.8 Å². The van der Waals surface area contributed by atoms with Crippen LogP contribution in [0.15, 0.2) is 41.4 Å². The van der Waals surface area contributed by atoms with Crippen molar-refractivity contribution in [1.82, 2.24) is 5.32 Å². The predicted molar refractivity (Wildman–Crippen MR) is 66.1 cm³/mol. The lowest BCUT2D eigenvalue weighted by Gasteiger charge is -2.09. The lowest BCUT2D eigenvalue weighted by molar-refractivity contribution is -0.120. The van der Waals surface area contributed by atoms with Crippen LogP contribution in [0.4, 0.5) is 0 Å². The maximum Gasteiger partial charge on any atom is 0.242 e. The number of rotatable bonds is 4. The first-order valence-electron chi connectivity index (χ1n) is 4.41. The van der Waals surface area contributed by atoms with Crippen LogP contribution >= 0.6 is 27.5 Å². The Morgan fingerprint density at radius 3 is 2.60 bits per heavy atom. The maximum atomic E-state index is 11.5. The second-order valence-corrected chi connectivity index (χ2v) is 4.57. The number of hydrogen-bond donors (Lipinski definition) is 1. The number of hydrogen-bond acceptors (Lipinski definition) is 1. The van der Waals surface area contributed by atoms with E-state index < -0.39 is 5.38 Å². The van der Waals surface area contributed by atoms with Gasteiger partial charge in [0, 0.05) is 11.0 Å². The fraction of sp³-hybridized carbons (Fsp3) is 0.182. The van der Waals surface area contributed by atoms with Gasteiger partial charge in [0.2, 0.25) is 5.91 Å². The number of benzene rings is 1. The van der Waals surface area contributed by atoms with Crippen molar-refractivity contribution in [3.05, 3.63) is 47.0 Å². The molecule has 1 aromatic carbocycles. The molecule has 2 nitrogen and oxygen atoms in total. The van der Waals surface area contributed by atoms with E-state index in [0.29, 0.717) is 11.0 Å². The van der Waals surface area contributed by atoms with E-state index in [1.165, 1.54) is 0 Å². The van der Waals surface area contributed by atoms with Crippen molar-refractivity contribution in [2.45, 2.75) is 5.38 Å². The second-order valence-electron chi connectivity index (χ2n) is 3.01. The van der Waals surface area contributed by atoms with Crippen molar-refractivity contribution in [2.24, 2.45) is 0 Å². The molecule has 0 heterocycles. The molecule has 1 amide bonds. The summed E-state index contributed by atoms with van der Waals surface area (Å²) in [6.07, 6.45) is 0. The number of carbonyl (C=O) groups is 1. The summed E-state index contributed by atoms with van der Waals surface area (Å²) in [6.45, 7) is 4.00. The standard InChI is InChI=1S/C11H11BrClNO/c1-8(12)7-14-11(15)10(13)9-5-3-2-4-6-9/h2-6,10H,1,7H2,(H,14,15). The van der Waals surface area contributed by atoms with E-state index in [1.807, 2.05) is 30.3 Å². The van der Waals surface area contributed by atoms with Gasteiger partial charge in [-0.2, -0.15) is 0 Å². The highest BCUT2D eigenvalue weighted by Gasteiger charge is 2.16. The van der Waals surface area contributed by atoms with Crippen molar-refractivity contribution in [3.8, 4) is 0 Å². The van der Waals surface area contributed by atoms with Gasteiger partial charge >= 0.3 is 0 Å². The molecule has 1 unspecified atom stereocenters. The lowest BCUT2D eigenvalue weighted by Crippen LogP contribution is -2.27. The van der Waals surface area contributed by atoms with Crippen molar-refractivity contribution in [2.75, 3.05) is 6.54 Å². The molecular formula is C11H11BrClNO. The summed E-state index contributed by atoms with van der Waals surface area (Å²) in [5.41, 5.74) is 0.789. The third-order valence-electron chi connectivity index (χ3n) is 1.78. The van der Waals surface area contributed by atoms with E-state index in [1.54, 1.807) is 0 Å². The highest BCUT2D eigenvalue weighted by atomic mass is 79.9. The molecule has 0 aromatic heterocycles. The molecule has 0 spiro atoms. The van der Waals surface area contributed by atoms with Gasteiger partial charge in [0.05, 0.1) is 0 Å². The van der Waals surface area contributed by atoms with Gasteiger partial charge in [-0.3, -0.25) is 4.79 Å². The SMILES string of the molecule is C=C(Br)CNC(=O)C(Cl)c1ccccc1. The van der Waals surface area contributed by atoms with Gasteiger partial charge in [0.15, 0.2) is 0 Å². The van der Waals surface area contributed by atoms with Gasteiger partial charge in [0.1, 0.15) is 5.38 Å². The normalized spacial score (nSPS) is 11.9. The van der Waals surface area contributed by atoms with Crippen LogP contribution in [0.5, 0.6) is 0 Å². The van der Waals surface area contributed by atoms with Crippen LogP contribution in [-0.2, 0) is 4.79 Å².